The summed E-state index contributed by atoms with van der Waals surface area (Å²) < 4.78 is 18.6. The first kappa shape index (κ1) is 14.4. The summed E-state index contributed by atoms with van der Waals surface area (Å²) in [6.07, 6.45) is 1.10. The third-order valence-electron chi connectivity index (χ3n) is 3.41. The van der Waals surface area contributed by atoms with Crippen LogP contribution in [0.1, 0.15) is 24.4 Å². The molecule has 0 bridgehead atoms. The number of nitrogens with zero attached hydrogens (tertiary/aromatic N) is 3. The number of anilines is 1. The number of halogens is 1. The van der Waals surface area contributed by atoms with Gasteiger partial charge in [0.25, 0.3) is 0 Å². The lowest BCUT2D eigenvalue weighted by Crippen LogP contribution is -2.45. The minimum absolute atomic E-state index is 0.207. The SMILES string of the molecule is CC1CN(c2nnc(Cc3ccc(F)cc3)s2)CC(C)O1. The molecule has 2 atom stereocenters. The zero-order valence-corrected chi connectivity index (χ0v) is 12.9. The summed E-state index contributed by atoms with van der Waals surface area (Å²) in [6, 6.07) is 6.52. The van der Waals surface area contributed by atoms with Gasteiger partial charge >= 0.3 is 0 Å². The van der Waals surface area contributed by atoms with Crippen LogP contribution in [0.15, 0.2) is 24.3 Å². The number of hydrogen-bond donors (Lipinski definition) is 0. The molecule has 1 aliphatic rings. The van der Waals surface area contributed by atoms with Crippen molar-refractivity contribution in [3.63, 3.8) is 0 Å². The Morgan fingerprint density at radius 3 is 2.52 bits per heavy atom. The van der Waals surface area contributed by atoms with Gasteiger partial charge in [-0.05, 0) is 31.5 Å². The molecule has 1 fully saturated rings. The monoisotopic (exact) mass is 307 g/mol. The second kappa shape index (κ2) is 6.07. The summed E-state index contributed by atoms with van der Waals surface area (Å²) in [5, 5.41) is 10.4. The van der Waals surface area contributed by atoms with Crippen LogP contribution < -0.4 is 4.90 Å². The molecule has 0 spiro atoms. The van der Waals surface area contributed by atoms with Gasteiger partial charge in [-0.25, -0.2) is 4.39 Å². The molecule has 1 saturated heterocycles. The van der Waals surface area contributed by atoms with Crippen molar-refractivity contribution < 1.29 is 9.13 Å². The maximum atomic E-state index is 12.9. The van der Waals surface area contributed by atoms with Gasteiger partial charge in [-0.15, -0.1) is 10.2 Å². The maximum Gasteiger partial charge on any atom is 0.208 e. The summed E-state index contributed by atoms with van der Waals surface area (Å²) in [5.74, 6) is -0.215. The van der Waals surface area contributed by atoms with E-state index in [4.69, 9.17) is 4.74 Å². The van der Waals surface area contributed by atoms with Crippen LogP contribution in [-0.4, -0.2) is 35.5 Å². The fourth-order valence-electron chi connectivity index (χ4n) is 2.55. The van der Waals surface area contributed by atoms with Crippen LogP contribution in [-0.2, 0) is 11.2 Å². The summed E-state index contributed by atoms with van der Waals surface area (Å²) in [4.78, 5) is 2.23. The molecule has 2 unspecified atom stereocenters. The predicted octanol–water partition coefficient (Wildman–Crippen LogP) is 2.88. The maximum absolute atomic E-state index is 12.9. The Labute approximate surface area is 127 Å². The first-order chi connectivity index (χ1) is 10.1. The molecule has 6 heteroatoms. The molecule has 0 amide bonds. The molecule has 112 valence electrons. The molecule has 0 saturated carbocycles. The largest absolute Gasteiger partial charge is 0.372 e. The van der Waals surface area contributed by atoms with E-state index in [1.54, 1.807) is 23.5 Å². The van der Waals surface area contributed by atoms with E-state index in [2.05, 4.69) is 28.9 Å². The molecule has 0 aliphatic carbocycles. The standard InChI is InChI=1S/C15H18FN3OS/c1-10-8-19(9-11(2)20-10)15-18-17-14(21-15)7-12-3-5-13(16)6-4-12/h3-6,10-11H,7-9H2,1-2H3. The van der Waals surface area contributed by atoms with E-state index in [1.165, 1.54) is 12.1 Å². The van der Waals surface area contributed by atoms with Gasteiger partial charge in [0.15, 0.2) is 0 Å². The van der Waals surface area contributed by atoms with Crippen LogP contribution in [0.4, 0.5) is 9.52 Å². The van der Waals surface area contributed by atoms with Gasteiger partial charge in [0.1, 0.15) is 10.8 Å². The number of hydrogen-bond acceptors (Lipinski definition) is 5. The van der Waals surface area contributed by atoms with Crippen molar-refractivity contribution in [2.75, 3.05) is 18.0 Å². The van der Waals surface area contributed by atoms with Crippen molar-refractivity contribution in [3.05, 3.63) is 40.7 Å². The molecular formula is C15H18FN3OS. The molecule has 0 radical (unpaired) electrons. The van der Waals surface area contributed by atoms with Crippen LogP contribution in [0.5, 0.6) is 0 Å². The Hall–Kier alpha value is -1.53. The molecule has 0 N–H and O–H groups in total. The van der Waals surface area contributed by atoms with E-state index in [-0.39, 0.29) is 18.0 Å². The normalized spacial score (nSPS) is 22.5. The minimum atomic E-state index is -0.215. The average molecular weight is 307 g/mol. The van der Waals surface area contributed by atoms with Gasteiger partial charge in [0.05, 0.1) is 12.2 Å². The summed E-state index contributed by atoms with van der Waals surface area (Å²) in [7, 11) is 0. The lowest BCUT2D eigenvalue weighted by atomic mass is 10.2. The van der Waals surface area contributed by atoms with E-state index in [9.17, 15) is 4.39 Å². The fraction of sp³-hybridized carbons (Fsp3) is 0.467. The summed E-state index contributed by atoms with van der Waals surface area (Å²) in [5.41, 5.74) is 1.04. The average Bonchev–Trinajstić information content (AvgIpc) is 2.89. The smallest absolute Gasteiger partial charge is 0.208 e. The Bertz CT molecular complexity index is 591. The lowest BCUT2D eigenvalue weighted by Gasteiger charge is -2.34. The van der Waals surface area contributed by atoms with Gasteiger partial charge in [0, 0.05) is 19.5 Å². The molecule has 21 heavy (non-hydrogen) atoms. The molecular weight excluding hydrogens is 289 g/mol. The quantitative estimate of drug-likeness (QED) is 0.874. The first-order valence-corrected chi connectivity index (χ1v) is 7.89. The Morgan fingerprint density at radius 1 is 1.19 bits per heavy atom. The molecule has 2 heterocycles. The van der Waals surface area contributed by atoms with E-state index in [0.717, 1.165) is 28.8 Å². The second-order valence-corrected chi connectivity index (χ2v) is 6.48. The lowest BCUT2D eigenvalue weighted by molar-refractivity contribution is -0.00525. The number of aromatic nitrogens is 2. The van der Waals surface area contributed by atoms with Crippen LogP contribution in [0.3, 0.4) is 0 Å². The summed E-state index contributed by atoms with van der Waals surface area (Å²) in [6.45, 7) is 5.83. The Morgan fingerprint density at radius 2 is 1.86 bits per heavy atom. The number of morpholine rings is 1. The van der Waals surface area contributed by atoms with Crippen LogP contribution >= 0.6 is 11.3 Å². The zero-order chi connectivity index (χ0) is 14.8. The van der Waals surface area contributed by atoms with Crippen LogP contribution in [0, 0.1) is 5.82 Å². The fourth-order valence-corrected chi connectivity index (χ4v) is 3.45. The topological polar surface area (TPSA) is 38.2 Å². The van der Waals surface area contributed by atoms with Gasteiger partial charge in [0.2, 0.25) is 5.13 Å². The summed E-state index contributed by atoms with van der Waals surface area (Å²) >= 11 is 1.60. The van der Waals surface area contributed by atoms with Gasteiger partial charge in [-0.3, -0.25) is 0 Å². The molecule has 1 aromatic heterocycles. The van der Waals surface area contributed by atoms with Crippen molar-refractivity contribution >= 4 is 16.5 Å². The van der Waals surface area contributed by atoms with E-state index < -0.39 is 0 Å². The molecule has 1 aliphatic heterocycles. The van der Waals surface area contributed by atoms with E-state index in [0.29, 0.717) is 6.42 Å². The highest BCUT2D eigenvalue weighted by Crippen LogP contribution is 2.25. The van der Waals surface area contributed by atoms with E-state index in [1.807, 2.05) is 0 Å². The van der Waals surface area contributed by atoms with Crippen molar-refractivity contribution in [1.29, 1.82) is 0 Å². The predicted molar refractivity (Wildman–Crippen MR) is 81.3 cm³/mol. The third-order valence-corrected chi connectivity index (χ3v) is 4.40. The molecule has 2 aromatic rings. The van der Waals surface area contributed by atoms with Crippen molar-refractivity contribution in [2.24, 2.45) is 0 Å². The van der Waals surface area contributed by atoms with Gasteiger partial charge < -0.3 is 9.64 Å². The zero-order valence-electron chi connectivity index (χ0n) is 12.1. The van der Waals surface area contributed by atoms with Gasteiger partial charge in [-0.2, -0.15) is 0 Å². The van der Waals surface area contributed by atoms with Gasteiger partial charge in [-0.1, -0.05) is 23.5 Å². The first-order valence-electron chi connectivity index (χ1n) is 7.07. The van der Waals surface area contributed by atoms with Crippen molar-refractivity contribution in [3.8, 4) is 0 Å². The minimum Gasteiger partial charge on any atom is -0.372 e. The highest BCUT2D eigenvalue weighted by Gasteiger charge is 2.24. The van der Waals surface area contributed by atoms with Crippen molar-refractivity contribution in [1.82, 2.24) is 10.2 Å². The number of benzene rings is 1. The van der Waals surface area contributed by atoms with E-state index >= 15 is 0 Å². The second-order valence-electron chi connectivity index (χ2n) is 5.44. The molecule has 4 nitrogen and oxygen atoms in total. The highest BCUT2D eigenvalue weighted by molar-refractivity contribution is 7.15. The third kappa shape index (κ3) is 3.57. The van der Waals surface area contributed by atoms with Crippen LogP contribution in [0.2, 0.25) is 0 Å². The number of rotatable bonds is 3. The van der Waals surface area contributed by atoms with Crippen molar-refractivity contribution in [2.45, 2.75) is 32.5 Å². The molecule has 3 rings (SSSR count). The Balaban J connectivity index is 1.69. The molecule has 1 aromatic carbocycles. The highest BCUT2D eigenvalue weighted by atomic mass is 32.1. The number of ether oxygens (including phenoxy) is 1. The van der Waals surface area contributed by atoms with Crippen LogP contribution in [0.25, 0.3) is 0 Å². The Kier molecular flexibility index (Phi) is 4.17.